The number of amides is 2. The molecule has 0 spiro atoms. The molecule has 2 amide bonds. The molecule has 1 aromatic heterocycles. The minimum atomic E-state index is -0.376. The smallest absolute Gasteiger partial charge is 0.255 e. The molecule has 0 fully saturated rings. The SMILES string of the molecule is O=C(Nc1cccc(C(=O)Nc2ccc(F)cc2)c1)c1ccncc1. The number of pyridine rings is 1. The first-order valence-electron chi connectivity index (χ1n) is 7.50. The summed E-state index contributed by atoms with van der Waals surface area (Å²) in [6.45, 7) is 0. The van der Waals surface area contributed by atoms with E-state index in [-0.39, 0.29) is 17.6 Å². The van der Waals surface area contributed by atoms with Gasteiger partial charge in [0.05, 0.1) is 0 Å². The van der Waals surface area contributed by atoms with E-state index in [1.54, 1.807) is 36.4 Å². The Morgan fingerprint density at radius 2 is 1.40 bits per heavy atom. The number of benzene rings is 2. The first-order valence-corrected chi connectivity index (χ1v) is 7.50. The van der Waals surface area contributed by atoms with Crippen molar-refractivity contribution in [1.29, 1.82) is 0 Å². The Bertz CT molecular complexity index is 896. The molecule has 0 saturated carbocycles. The third-order valence-corrected chi connectivity index (χ3v) is 3.43. The van der Waals surface area contributed by atoms with Crippen LogP contribution in [0.2, 0.25) is 0 Å². The summed E-state index contributed by atoms with van der Waals surface area (Å²) in [5, 5.41) is 5.40. The second-order valence-electron chi connectivity index (χ2n) is 5.23. The molecule has 2 N–H and O–H groups in total. The predicted octanol–water partition coefficient (Wildman–Crippen LogP) is 3.73. The van der Waals surface area contributed by atoms with Crippen LogP contribution in [0.5, 0.6) is 0 Å². The molecule has 6 heteroatoms. The van der Waals surface area contributed by atoms with Gasteiger partial charge in [-0.05, 0) is 54.6 Å². The number of carbonyl (C=O) groups is 2. The Kier molecular flexibility index (Phi) is 4.80. The quantitative estimate of drug-likeness (QED) is 0.763. The highest BCUT2D eigenvalue weighted by atomic mass is 19.1. The van der Waals surface area contributed by atoms with Gasteiger partial charge in [0.2, 0.25) is 0 Å². The van der Waals surface area contributed by atoms with Gasteiger partial charge in [-0.25, -0.2) is 4.39 Å². The van der Waals surface area contributed by atoms with E-state index in [0.717, 1.165) is 0 Å². The van der Waals surface area contributed by atoms with Crippen molar-refractivity contribution in [3.8, 4) is 0 Å². The van der Waals surface area contributed by atoms with Crippen molar-refractivity contribution in [1.82, 2.24) is 4.98 Å². The number of hydrogen-bond donors (Lipinski definition) is 2. The molecule has 2 aromatic carbocycles. The van der Waals surface area contributed by atoms with Crippen molar-refractivity contribution < 1.29 is 14.0 Å². The summed E-state index contributed by atoms with van der Waals surface area (Å²) < 4.78 is 12.9. The van der Waals surface area contributed by atoms with Gasteiger partial charge in [0.25, 0.3) is 11.8 Å². The van der Waals surface area contributed by atoms with Crippen molar-refractivity contribution in [3.63, 3.8) is 0 Å². The summed E-state index contributed by atoms with van der Waals surface area (Å²) in [4.78, 5) is 28.3. The molecule has 1 heterocycles. The number of nitrogens with one attached hydrogen (secondary N) is 2. The Hall–Kier alpha value is -3.54. The summed E-state index contributed by atoms with van der Waals surface area (Å²) in [7, 11) is 0. The van der Waals surface area contributed by atoms with E-state index >= 15 is 0 Å². The first kappa shape index (κ1) is 16.3. The fourth-order valence-corrected chi connectivity index (χ4v) is 2.18. The van der Waals surface area contributed by atoms with Crippen LogP contribution in [0, 0.1) is 5.82 Å². The van der Waals surface area contributed by atoms with Gasteiger partial charge < -0.3 is 10.6 Å². The van der Waals surface area contributed by atoms with Crippen LogP contribution < -0.4 is 10.6 Å². The van der Waals surface area contributed by atoms with Gasteiger partial charge in [0.1, 0.15) is 5.82 Å². The van der Waals surface area contributed by atoms with Gasteiger partial charge in [-0.15, -0.1) is 0 Å². The number of halogens is 1. The second kappa shape index (κ2) is 7.35. The lowest BCUT2D eigenvalue weighted by atomic mass is 10.1. The van der Waals surface area contributed by atoms with Crippen LogP contribution >= 0.6 is 0 Å². The third-order valence-electron chi connectivity index (χ3n) is 3.43. The maximum absolute atomic E-state index is 12.9. The molecule has 0 bridgehead atoms. The molecular formula is C19H14FN3O2. The number of carbonyl (C=O) groups excluding carboxylic acids is 2. The lowest BCUT2D eigenvalue weighted by Gasteiger charge is -2.08. The summed E-state index contributed by atoms with van der Waals surface area (Å²) in [6, 6.07) is 15.2. The summed E-state index contributed by atoms with van der Waals surface area (Å²) >= 11 is 0. The lowest BCUT2D eigenvalue weighted by Crippen LogP contribution is -2.14. The fourth-order valence-electron chi connectivity index (χ4n) is 2.18. The van der Waals surface area contributed by atoms with E-state index in [1.807, 2.05) is 0 Å². The average Bonchev–Trinajstić information content (AvgIpc) is 2.64. The van der Waals surface area contributed by atoms with Crippen LogP contribution in [0.4, 0.5) is 15.8 Å². The average molecular weight is 335 g/mol. The topological polar surface area (TPSA) is 71.1 Å². The second-order valence-corrected chi connectivity index (χ2v) is 5.23. The monoisotopic (exact) mass is 335 g/mol. The Balaban J connectivity index is 1.71. The van der Waals surface area contributed by atoms with Gasteiger partial charge in [-0.1, -0.05) is 6.07 Å². The van der Waals surface area contributed by atoms with Crippen LogP contribution in [0.25, 0.3) is 0 Å². The van der Waals surface area contributed by atoms with Gasteiger partial charge in [0.15, 0.2) is 0 Å². The van der Waals surface area contributed by atoms with Crippen LogP contribution in [-0.4, -0.2) is 16.8 Å². The highest BCUT2D eigenvalue weighted by Gasteiger charge is 2.09. The molecule has 3 aromatic rings. The van der Waals surface area contributed by atoms with E-state index in [9.17, 15) is 14.0 Å². The maximum Gasteiger partial charge on any atom is 0.255 e. The molecule has 0 saturated heterocycles. The number of hydrogen-bond acceptors (Lipinski definition) is 3. The Morgan fingerprint density at radius 1 is 0.760 bits per heavy atom. The normalized spacial score (nSPS) is 10.1. The van der Waals surface area contributed by atoms with Crippen molar-refractivity contribution in [2.24, 2.45) is 0 Å². The summed E-state index contributed by atoms with van der Waals surface area (Å²) in [5.74, 6) is -1.02. The molecular weight excluding hydrogens is 321 g/mol. The third kappa shape index (κ3) is 4.26. The van der Waals surface area contributed by atoms with Crippen molar-refractivity contribution in [3.05, 3.63) is 90.0 Å². The zero-order valence-electron chi connectivity index (χ0n) is 13.1. The first-order chi connectivity index (χ1) is 12.1. The van der Waals surface area contributed by atoms with Crippen LogP contribution in [0.3, 0.4) is 0 Å². The summed E-state index contributed by atoms with van der Waals surface area (Å²) in [6.07, 6.45) is 3.06. The van der Waals surface area contributed by atoms with Gasteiger partial charge in [-0.3, -0.25) is 14.6 Å². The van der Waals surface area contributed by atoms with Crippen LogP contribution in [0.1, 0.15) is 20.7 Å². The van der Waals surface area contributed by atoms with Crippen molar-refractivity contribution in [2.45, 2.75) is 0 Å². The van der Waals surface area contributed by atoms with Gasteiger partial charge in [-0.2, -0.15) is 0 Å². The van der Waals surface area contributed by atoms with E-state index in [2.05, 4.69) is 15.6 Å². The molecule has 124 valence electrons. The zero-order chi connectivity index (χ0) is 17.6. The molecule has 0 atom stereocenters. The van der Waals surface area contributed by atoms with Crippen LogP contribution in [0.15, 0.2) is 73.1 Å². The van der Waals surface area contributed by atoms with E-state index < -0.39 is 0 Å². The summed E-state index contributed by atoms with van der Waals surface area (Å²) in [5.41, 5.74) is 1.82. The maximum atomic E-state index is 12.9. The Morgan fingerprint density at radius 3 is 2.12 bits per heavy atom. The molecule has 0 radical (unpaired) electrons. The molecule has 0 aliphatic heterocycles. The number of rotatable bonds is 4. The van der Waals surface area contributed by atoms with Gasteiger partial charge >= 0.3 is 0 Å². The molecule has 3 rings (SSSR count). The number of anilines is 2. The largest absolute Gasteiger partial charge is 0.322 e. The lowest BCUT2D eigenvalue weighted by molar-refractivity contribution is 0.101. The fraction of sp³-hybridized carbons (Fsp3) is 0. The highest BCUT2D eigenvalue weighted by molar-refractivity contribution is 6.07. The highest BCUT2D eigenvalue weighted by Crippen LogP contribution is 2.15. The minimum absolute atomic E-state index is 0.293. The Labute approximate surface area is 143 Å². The zero-order valence-corrected chi connectivity index (χ0v) is 13.1. The van der Waals surface area contributed by atoms with Gasteiger partial charge in [0, 0.05) is 34.9 Å². The minimum Gasteiger partial charge on any atom is -0.322 e. The molecule has 0 aliphatic rings. The van der Waals surface area contributed by atoms with E-state index in [0.29, 0.717) is 22.5 Å². The molecule has 0 unspecified atom stereocenters. The van der Waals surface area contributed by atoms with Crippen molar-refractivity contribution in [2.75, 3.05) is 10.6 Å². The van der Waals surface area contributed by atoms with E-state index in [1.165, 1.54) is 36.7 Å². The predicted molar refractivity (Wildman–Crippen MR) is 93.0 cm³/mol. The molecule has 0 aliphatic carbocycles. The standard InChI is InChI=1S/C19H14FN3O2/c20-15-4-6-16(7-5-15)22-19(25)14-2-1-3-17(12-14)23-18(24)13-8-10-21-11-9-13/h1-12H,(H,22,25)(H,23,24). The molecule has 25 heavy (non-hydrogen) atoms. The molecule has 5 nitrogen and oxygen atoms in total. The number of nitrogens with zero attached hydrogens (tertiary/aromatic N) is 1. The van der Waals surface area contributed by atoms with Crippen LogP contribution in [-0.2, 0) is 0 Å². The number of aromatic nitrogens is 1. The van der Waals surface area contributed by atoms with Crippen molar-refractivity contribution >= 4 is 23.2 Å². The van der Waals surface area contributed by atoms with E-state index in [4.69, 9.17) is 0 Å².